The Balaban J connectivity index is 1.30. The SMILES string of the molecule is CN(C)c1nc(N[C@H]2CC[C@@H](CNC(=O)c3ccc(CF)c(F)c3)CC2)nc2ccccc12. The van der Waals surface area contributed by atoms with Crippen LogP contribution in [0.3, 0.4) is 0 Å². The Kier molecular flexibility index (Phi) is 7.01. The van der Waals surface area contributed by atoms with Gasteiger partial charge < -0.3 is 15.5 Å². The number of hydrogen-bond acceptors (Lipinski definition) is 5. The van der Waals surface area contributed by atoms with Crippen molar-refractivity contribution in [1.29, 1.82) is 0 Å². The number of carbonyl (C=O) groups is 1. The lowest BCUT2D eigenvalue weighted by Crippen LogP contribution is -2.34. The van der Waals surface area contributed by atoms with Gasteiger partial charge in [-0.1, -0.05) is 18.2 Å². The molecule has 6 nitrogen and oxygen atoms in total. The Bertz CT molecular complexity index is 1130. The number of nitrogens with one attached hydrogen (secondary N) is 2. The van der Waals surface area contributed by atoms with E-state index in [4.69, 9.17) is 4.98 Å². The number of halogens is 2. The molecule has 0 radical (unpaired) electrons. The largest absolute Gasteiger partial charge is 0.362 e. The van der Waals surface area contributed by atoms with Gasteiger partial charge in [-0.2, -0.15) is 4.98 Å². The van der Waals surface area contributed by atoms with E-state index < -0.39 is 12.5 Å². The van der Waals surface area contributed by atoms with Gasteiger partial charge in [0.25, 0.3) is 5.91 Å². The van der Waals surface area contributed by atoms with Crippen molar-refractivity contribution in [2.45, 2.75) is 38.4 Å². The second kappa shape index (κ2) is 10.1. The fourth-order valence-electron chi connectivity index (χ4n) is 4.29. The van der Waals surface area contributed by atoms with E-state index in [1.165, 1.54) is 12.1 Å². The van der Waals surface area contributed by atoms with E-state index in [0.717, 1.165) is 48.5 Å². The minimum atomic E-state index is -0.883. The highest BCUT2D eigenvalue weighted by Gasteiger charge is 2.23. The van der Waals surface area contributed by atoms with Crippen LogP contribution in [0.5, 0.6) is 0 Å². The van der Waals surface area contributed by atoms with Crippen molar-refractivity contribution in [3.63, 3.8) is 0 Å². The molecule has 174 valence electrons. The molecule has 1 fully saturated rings. The summed E-state index contributed by atoms with van der Waals surface area (Å²) in [6, 6.07) is 12.1. The number of amides is 1. The van der Waals surface area contributed by atoms with Crippen molar-refractivity contribution < 1.29 is 13.6 Å². The lowest BCUT2D eigenvalue weighted by molar-refractivity contribution is 0.0942. The molecule has 1 heterocycles. The van der Waals surface area contributed by atoms with E-state index in [-0.39, 0.29) is 23.1 Å². The lowest BCUT2D eigenvalue weighted by atomic mass is 9.86. The number of anilines is 2. The Labute approximate surface area is 192 Å². The van der Waals surface area contributed by atoms with Crippen LogP contribution in [0.15, 0.2) is 42.5 Å². The van der Waals surface area contributed by atoms with Crippen molar-refractivity contribution in [1.82, 2.24) is 15.3 Å². The third kappa shape index (κ3) is 5.38. The first-order valence-corrected chi connectivity index (χ1v) is 11.3. The number of hydrogen-bond donors (Lipinski definition) is 2. The van der Waals surface area contributed by atoms with E-state index in [9.17, 15) is 13.6 Å². The maximum absolute atomic E-state index is 13.7. The summed E-state index contributed by atoms with van der Waals surface area (Å²) in [5.74, 6) is 0.852. The molecule has 2 aromatic carbocycles. The third-order valence-electron chi connectivity index (χ3n) is 6.20. The minimum absolute atomic E-state index is 0.0366. The van der Waals surface area contributed by atoms with Crippen LogP contribution < -0.4 is 15.5 Å². The molecule has 0 unspecified atom stereocenters. The van der Waals surface area contributed by atoms with Gasteiger partial charge in [-0.15, -0.1) is 0 Å². The number of alkyl halides is 1. The van der Waals surface area contributed by atoms with Crippen LogP contribution in [0.4, 0.5) is 20.5 Å². The molecule has 1 saturated carbocycles. The number of para-hydroxylation sites is 1. The van der Waals surface area contributed by atoms with Crippen molar-refractivity contribution >= 4 is 28.6 Å². The first-order chi connectivity index (χ1) is 15.9. The monoisotopic (exact) mass is 453 g/mol. The molecule has 0 saturated heterocycles. The first-order valence-electron chi connectivity index (χ1n) is 11.3. The maximum atomic E-state index is 13.7. The molecule has 0 bridgehead atoms. The molecule has 2 N–H and O–H groups in total. The number of nitrogens with zero attached hydrogens (tertiary/aromatic N) is 3. The van der Waals surface area contributed by atoms with E-state index in [0.29, 0.717) is 18.4 Å². The molecular weight excluding hydrogens is 424 g/mol. The van der Waals surface area contributed by atoms with Crippen molar-refractivity contribution in [2.24, 2.45) is 5.92 Å². The van der Waals surface area contributed by atoms with Crippen LogP contribution in [0.25, 0.3) is 10.9 Å². The predicted molar refractivity (Wildman–Crippen MR) is 127 cm³/mol. The summed E-state index contributed by atoms with van der Waals surface area (Å²) in [5, 5.41) is 7.40. The Hall–Kier alpha value is -3.29. The topological polar surface area (TPSA) is 70.2 Å². The van der Waals surface area contributed by atoms with Crippen molar-refractivity contribution in [3.8, 4) is 0 Å². The fourth-order valence-corrected chi connectivity index (χ4v) is 4.29. The standard InChI is InChI=1S/C25H29F2N5O/c1-32(2)23-20-5-3-4-6-22(20)30-25(31-23)29-19-11-7-16(8-12-19)15-28-24(33)17-9-10-18(14-26)21(27)13-17/h3-6,9-10,13,16,19H,7-8,11-12,14-15H2,1-2H3,(H,28,33)(H,29,30,31)/t16-,19+. The second-order valence-corrected chi connectivity index (χ2v) is 8.79. The smallest absolute Gasteiger partial charge is 0.251 e. The highest BCUT2D eigenvalue weighted by atomic mass is 19.1. The van der Waals surface area contributed by atoms with Gasteiger partial charge >= 0.3 is 0 Å². The van der Waals surface area contributed by atoms with Crippen LogP contribution >= 0.6 is 0 Å². The van der Waals surface area contributed by atoms with Crippen molar-refractivity contribution in [3.05, 3.63) is 59.4 Å². The minimum Gasteiger partial charge on any atom is -0.362 e. The van der Waals surface area contributed by atoms with Gasteiger partial charge in [-0.25, -0.2) is 13.8 Å². The quantitative estimate of drug-likeness (QED) is 0.543. The molecule has 1 aliphatic carbocycles. The van der Waals surface area contributed by atoms with Crippen LogP contribution in [-0.2, 0) is 6.67 Å². The molecular formula is C25H29F2N5O. The van der Waals surface area contributed by atoms with Gasteiger partial charge in [0, 0.05) is 43.2 Å². The van der Waals surface area contributed by atoms with Gasteiger partial charge in [0.1, 0.15) is 18.3 Å². The molecule has 1 aromatic heterocycles. The van der Waals surface area contributed by atoms with Gasteiger partial charge in [0.2, 0.25) is 5.95 Å². The fraction of sp³-hybridized carbons (Fsp3) is 0.400. The molecule has 1 amide bonds. The molecule has 1 aliphatic rings. The highest BCUT2D eigenvalue weighted by Crippen LogP contribution is 2.28. The van der Waals surface area contributed by atoms with Crippen LogP contribution in [0.2, 0.25) is 0 Å². The summed E-state index contributed by atoms with van der Waals surface area (Å²) < 4.78 is 26.4. The lowest BCUT2D eigenvalue weighted by Gasteiger charge is -2.29. The summed E-state index contributed by atoms with van der Waals surface area (Å²) in [6.07, 6.45) is 3.82. The van der Waals surface area contributed by atoms with Crippen molar-refractivity contribution in [2.75, 3.05) is 30.9 Å². The number of rotatable bonds is 7. The van der Waals surface area contributed by atoms with Gasteiger partial charge in [0.05, 0.1) is 5.52 Å². The normalized spacial score (nSPS) is 18.2. The summed E-state index contributed by atoms with van der Waals surface area (Å²) in [5.41, 5.74) is 1.08. The van der Waals surface area contributed by atoms with Gasteiger partial charge in [-0.05, 0) is 55.9 Å². The molecule has 33 heavy (non-hydrogen) atoms. The van der Waals surface area contributed by atoms with E-state index >= 15 is 0 Å². The summed E-state index contributed by atoms with van der Waals surface area (Å²) in [7, 11) is 3.95. The summed E-state index contributed by atoms with van der Waals surface area (Å²) in [4.78, 5) is 23.7. The molecule has 0 spiro atoms. The van der Waals surface area contributed by atoms with Crippen LogP contribution in [-0.4, -0.2) is 42.6 Å². The number of fused-ring (bicyclic) bond motifs is 1. The average Bonchev–Trinajstić information content (AvgIpc) is 2.82. The predicted octanol–water partition coefficient (Wildman–Crippen LogP) is 4.71. The van der Waals surface area contributed by atoms with E-state index in [2.05, 4.69) is 15.6 Å². The zero-order chi connectivity index (χ0) is 23.4. The summed E-state index contributed by atoms with van der Waals surface area (Å²) in [6.45, 7) is -0.346. The van der Waals surface area contributed by atoms with Crippen LogP contribution in [0, 0.1) is 11.7 Å². The van der Waals surface area contributed by atoms with Gasteiger partial charge in [0.15, 0.2) is 0 Å². The molecule has 0 aliphatic heterocycles. The number of aromatic nitrogens is 2. The van der Waals surface area contributed by atoms with E-state index in [1.54, 1.807) is 0 Å². The molecule has 8 heteroatoms. The highest BCUT2D eigenvalue weighted by molar-refractivity contribution is 5.94. The summed E-state index contributed by atoms with van der Waals surface area (Å²) >= 11 is 0. The second-order valence-electron chi connectivity index (χ2n) is 8.79. The zero-order valence-corrected chi connectivity index (χ0v) is 18.9. The van der Waals surface area contributed by atoms with Crippen LogP contribution in [0.1, 0.15) is 41.6 Å². The maximum Gasteiger partial charge on any atom is 0.251 e. The molecule has 4 rings (SSSR count). The first kappa shape index (κ1) is 22.9. The number of carbonyl (C=O) groups excluding carboxylic acids is 1. The third-order valence-corrected chi connectivity index (χ3v) is 6.20. The molecule has 3 aromatic rings. The zero-order valence-electron chi connectivity index (χ0n) is 18.9. The average molecular weight is 454 g/mol. The molecule has 0 atom stereocenters. The number of benzene rings is 2. The Morgan fingerprint density at radius 1 is 1.09 bits per heavy atom. The Morgan fingerprint density at radius 2 is 1.85 bits per heavy atom. The Morgan fingerprint density at radius 3 is 2.55 bits per heavy atom. The van der Waals surface area contributed by atoms with Gasteiger partial charge in [-0.3, -0.25) is 4.79 Å². The van der Waals surface area contributed by atoms with E-state index in [1.807, 2.05) is 43.3 Å².